The van der Waals surface area contributed by atoms with E-state index in [-0.39, 0.29) is 30.0 Å². The lowest BCUT2D eigenvalue weighted by molar-refractivity contribution is -0.384. The molecule has 1 aromatic carbocycles. The molecule has 0 unspecified atom stereocenters. The van der Waals surface area contributed by atoms with E-state index in [2.05, 4.69) is 5.32 Å². The quantitative estimate of drug-likeness (QED) is 0.619. The molecular weight excluding hydrogens is 264 g/mol. The number of aliphatic carboxylic acids is 1. The van der Waals surface area contributed by atoms with E-state index in [9.17, 15) is 19.7 Å². The van der Waals surface area contributed by atoms with Crippen LogP contribution in [0, 0.1) is 16.0 Å². The van der Waals surface area contributed by atoms with Crippen molar-refractivity contribution in [2.75, 3.05) is 0 Å². The zero-order valence-electron chi connectivity index (χ0n) is 10.6. The van der Waals surface area contributed by atoms with Crippen molar-refractivity contribution in [3.63, 3.8) is 0 Å². The van der Waals surface area contributed by atoms with Crippen LogP contribution in [-0.2, 0) is 16.0 Å². The standard InChI is InChI=1S/C13H14N2O5/c16-12(14-10-6-9(7-10)13(17)18)5-8-2-1-3-11(4-8)15(19)20/h1-4,9-10H,5-7H2,(H,14,16)(H,17,18). The fourth-order valence-electron chi connectivity index (χ4n) is 2.18. The van der Waals surface area contributed by atoms with E-state index < -0.39 is 10.9 Å². The van der Waals surface area contributed by atoms with Gasteiger partial charge in [-0.15, -0.1) is 0 Å². The second-order valence-corrected chi connectivity index (χ2v) is 4.87. The van der Waals surface area contributed by atoms with Gasteiger partial charge in [-0.2, -0.15) is 0 Å². The number of carbonyl (C=O) groups excluding carboxylic acids is 1. The topological polar surface area (TPSA) is 110 Å². The molecule has 0 heterocycles. The molecule has 1 fully saturated rings. The first-order valence-electron chi connectivity index (χ1n) is 6.21. The summed E-state index contributed by atoms with van der Waals surface area (Å²) in [7, 11) is 0. The van der Waals surface area contributed by atoms with E-state index in [4.69, 9.17) is 5.11 Å². The molecule has 1 aromatic rings. The van der Waals surface area contributed by atoms with Gasteiger partial charge in [0.25, 0.3) is 5.69 Å². The second-order valence-electron chi connectivity index (χ2n) is 4.87. The van der Waals surface area contributed by atoms with E-state index >= 15 is 0 Å². The maximum atomic E-state index is 11.7. The fourth-order valence-corrected chi connectivity index (χ4v) is 2.18. The predicted molar refractivity (Wildman–Crippen MR) is 69.1 cm³/mol. The number of carbonyl (C=O) groups is 2. The summed E-state index contributed by atoms with van der Waals surface area (Å²) in [6.07, 6.45) is 0.932. The van der Waals surface area contributed by atoms with E-state index in [0.717, 1.165) is 0 Å². The van der Waals surface area contributed by atoms with Crippen LogP contribution >= 0.6 is 0 Å². The van der Waals surface area contributed by atoms with Gasteiger partial charge in [0.2, 0.25) is 5.91 Å². The molecule has 7 nitrogen and oxygen atoms in total. The number of non-ortho nitro benzene ring substituents is 1. The number of hydrogen-bond donors (Lipinski definition) is 2. The van der Waals surface area contributed by atoms with Crippen LogP contribution in [-0.4, -0.2) is 27.9 Å². The molecular formula is C13H14N2O5. The minimum atomic E-state index is -0.839. The first-order valence-corrected chi connectivity index (χ1v) is 6.21. The van der Waals surface area contributed by atoms with Gasteiger partial charge < -0.3 is 10.4 Å². The molecule has 106 valence electrons. The van der Waals surface area contributed by atoms with E-state index in [1.54, 1.807) is 6.07 Å². The Morgan fingerprint density at radius 1 is 1.40 bits per heavy atom. The lowest BCUT2D eigenvalue weighted by atomic mass is 9.80. The molecule has 0 aromatic heterocycles. The molecule has 2 rings (SSSR count). The Bertz CT molecular complexity index is 551. The van der Waals surface area contributed by atoms with Crippen molar-refractivity contribution in [3.05, 3.63) is 39.9 Å². The third-order valence-electron chi connectivity index (χ3n) is 3.34. The number of benzene rings is 1. The van der Waals surface area contributed by atoms with E-state index in [0.29, 0.717) is 18.4 Å². The summed E-state index contributed by atoms with van der Waals surface area (Å²) in [6.45, 7) is 0. The average Bonchev–Trinajstić information content (AvgIpc) is 2.33. The highest BCUT2D eigenvalue weighted by molar-refractivity contribution is 5.79. The summed E-state index contributed by atoms with van der Waals surface area (Å²) in [5.74, 6) is -1.47. The minimum Gasteiger partial charge on any atom is -0.481 e. The third-order valence-corrected chi connectivity index (χ3v) is 3.34. The zero-order chi connectivity index (χ0) is 14.7. The molecule has 1 amide bonds. The van der Waals surface area contributed by atoms with Gasteiger partial charge in [0.1, 0.15) is 0 Å². The maximum absolute atomic E-state index is 11.7. The summed E-state index contributed by atoms with van der Waals surface area (Å²) >= 11 is 0. The first-order chi connectivity index (χ1) is 9.45. The van der Waals surface area contributed by atoms with Gasteiger partial charge in [0.15, 0.2) is 0 Å². The predicted octanol–water partition coefficient (Wildman–Crippen LogP) is 1.12. The van der Waals surface area contributed by atoms with Crippen LogP contribution < -0.4 is 5.32 Å². The van der Waals surface area contributed by atoms with Gasteiger partial charge in [0.05, 0.1) is 17.3 Å². The SMILES string of the molecule is O=C(Cc1cccc([N+](=O)[O-])c1)NC1CC(C(=O)O)C1. The summed E-state index contributed by atoms with van der Waals surface area (Å²) in [5, 5.41) is 22.1. The van der Waals surface area contributed by atoms with Crippen LogP contribution in [0.3, 0.4) is 0 Å². The molecule has 1 aliphatic carbocycles. The van der Waals surface area contributed by atoms with Gasteiger partial charge in [-0.25, -0.2) is 0 Å². The molecule has 7 heteroatoms. The van der Waals surface area contributed by atoms with Crippen LogP contribution in [0.15, 0.2) is 24.3 Å². The summed E-state index contributed by atoms with van der Waals surface area (Å²) in [5.41, 5.74) is 0.510. The lowest BCUT2D eigenvalue weighted by Crippen LogP contribution is -2.47. The van der Waals surface area contributed by atoms with Gasteiger partial charge in [-0.05, 0) is 18.4 Å². The molecule has 2 N–H and O–H groups in total. The number of nitro groups is 1. The van der Waals surface area contributed by atoms with Crippen LogP contribution in [0.1, 0.15) is 18.4 Å². The molecule has 0 saturated heterocycles. The van der Waals surface area contributed by atoms with Crippen molar-refractivity contribution >= 4 is 17.6 Å². The molecule has 1 saturated carbocycles. The minimum absolute atomic E-state index is 0.0510. The first kappa shape index (κ1) is 14.0. The van der Waals surface area contributed by atoms with Crippen molar-refractivity contribution < 1.29 is 19.6 Å². The van der Waals surface area contributed by atoms with Crippen molar-refractivity contribution in [2.24, 2.45) is 5.92 Å². The number of carboxylic acid groups (broad SMARTS) is 1. The van der Waals surface area contributed by atoms with Crippen molar-refractivity contribution in [1.82, 2.24) is 5.32 Å². The lowest BCUT2D eigenvalue weighted by Gasteiger charge is -2.32. The molecule has 0 spiro atoms. The van der Waals surface area contributed by atoms with Gasteiger partial charge in [-0.1, -0.05) is 12.1 Å². The van der Waals surface area contributed by atoms with Gasteiger partial charge in [0, 0.05) is 18.2 Å². The maximum Gasteiger partial charge on any atom is 0.306 e. The highest BCUT2D eigenvalue weighted by Gasteiger charge is 2.35. The molecule has 20 heavy (non-hydrogen) atoms. The number of carboxylic acids is 1. The number of rotatable bonds is 5. The highest BCUT2D eigenvalue weighted by atomic mass is 16.6. The number of nitro benzene ring substituents is 1. The Hall–Kier alpha value is -2.44. The van der Waals surface area contributed by atoms with Crippen LogP contribution in [0.4, 0.5) is 5.69 Å². The van der Waals surface area contributed by atoms with Crippen molar-refractivity contribution in [3.8, 4) is 0 Å². The number of nitrogens with one attached hydrogen (secondary N) is 1. The normalized spacial score (nSPS) is 20.8. The monoisotopic (exact) mass is 278 g/mol. The van der Waals surface area contributed by atoms with E-state index in [1.807, 2.05) is 0 Å². The summed E-state index contributed by atoms with van der Waals surface area (Å²) in [4.78, 5) is 32.5. The molecule has 0 atom stereocenters. The molecule has 1 aliphatic rings. The highest BCUT2D eigenvalue weighted by Crippen LogP contribution is 2.27. The summed E-state index contributed by atoms with van der Waals surface area (Å²) < 4.78 is 0. The molecule has 0 radical (unpaired) electrons. The number of amides is 1. The Morgan fingerprint density at radius 3 is 2.70 bits per heavy atom. The second kappa shape index (κ2) is 5.68. The zero-order valence-corrected chi connectivity index (χ0v) is 10.6. The molecule has 0 aliphatic heterocycles. The smallest absolute Gasteiger partial charge is 0.306 e. The average molecular weight is 278 g/mol. The third kappa shape index (κ3) is 3.31. The van der Waals surface area contributed by atoms with Gasteiger partial charge in [-0.3, -0.25) is 19.7 Å². The van der Waals surface area contributed by atoms with Crippen LogP contribution in [0.25, 0.3) is 0 Å². The fraction of sp³-hybridized carbons (Fsp3) is 0.385. The van der Waals surface area contributed by atoms with Gasteiger partial charge >= 0.3 is 5.97 Å². The number of hydrogen-bond acceptors (Lipinski definition) is 4. The van der Waals surface area contributed by atoms with Crippen molar-refractivity contribution in [1.29, 1.82) is 0 Å². The van der Waals surface area contributed by atoms with E-state index in [1.165, 1.54) is 18.2 Å². The Kier molecular flexibility index (Phi) is 3.97. The largest absolute Gasteiger partial charge is 0.481 e. The van der Waals surface area contributed by atoms with Crippen LogP contribution in [0.5, 0.6) is 0 Å². The number of nitrogens with zero attached hydrogens (tertiary/aromatic N) is 1. The Balaban J connectivity index is 1.85. The molecule has 0 bridgehead atoms. The van der Waals surface area contributed by atoms with Crippen LogP contribution in [0.2, 0.25) is 0 Å². The van der Waals surface area contributed by atoms with Crippen molar-refractivity contribution in [2.45, 2.75) is 25.3 Å². The summed E-state index contributed by atoms with van der Waals surface area (Å²) in [6, 6.07) is 5.80. The Morgan fingerprint density at radius 2 is 2.10 bits per heavy atom. The Labute approximate surface area is 114 Å².